The summed E-state index contributed by atoms with van der Waals surface area (Å²) in [5, 5.41) is 9.37. The van der Waals surface area contributed by atoms with Gasteiger partial charge in [-0.05, 0) is 43.9 Å². The number of hydrogen-bond donors (Lipinski definition) is 1. The normalized spacial score (nSPS) is 48.0. The molecule has 0 heterocycles. The molecular weight excluding hydrogens is 124 g/mol. The van der Waals surface area contributed by atoms with Crippen LogP contribution in [0.1, 0.15) is 32.6 Å². The average Bonchev–Trinajstić information content (AvgIpc) is 2.44. The van der Waals surface area contributed by atoms with Crippen molar-refractivity contribution in [1.29, 1.82) is 0 Å². The molecule has 4 atom stereocenters. The largest absolute Gasteiger partial charge is 0.393 e. The van der Waals surface area contributed by atoms with Gasteiger partial charge in [0.2, 0.25) is 0 Å². The van der Waals surface area contributed by atoms with E-state index in [0.29, 0.717) is 5.92 Å². The van der Waals surface area contributed by atoms with E-state index in [1.54, 1.807) is 0 Å². The zero-order valence-electron chi connectivity index (χ0n) is 6.59. The Balaban J connectivity index is 2.02. The van der Waals surface area contributed by atoms with Crippen molar-refractivity contribution in [3.8, 4) is 0 Å². The quantitative estimate of drug-likeness (QED) is 0.589. The number of rotatable bonds is 1. The van der Waals surface area contributed by atoms with Gasteiger partial charge < -0.3 is 5.11 Å². The first-order chi connectivity index (χ1) is 4.77. The Hall–Kier alpha value is -0.0400. The molecule has 0 amide bonds. The molecule has 1 nitrogen and oxygen atoms in total. The summed E-state index contributed by atoms with van der Waals surface area (Å²) in [7, 11) is 0. The summed E-state index contributed by atoms with van der Waals surface area (Å²) in [6, 6.07) is 0. The van der Waals surface area contributed by atoms with E-state index in [9.17, 15) is 5.11 Å². The molecule has 2 aliphatic rings. The van der Waals surface area contributed by atoms with Gasteiger partial charge in [-0.3, -0.25) is 0 Å². The van der Waals surface area contributed by atoms with Crippen molar-refractivity contribution < 1.29 is 5.11 Å². The Kier molecular flexibility index (Phi) is 1.48. The van der Waals surface area contributed by atoms with E-state index in [1.807, 2.05) is 6.92 Å². The van der Waals surface area contributed by atoms with E-state index in [4.69, 9.17) is 0 Å². The zero-order chi connectivity index (χ0) is 7.14. The van der Waals surface area contributed by atoms with Crippen molar-refractivity contribution in [2.45, 2.75) is 38.7 Å². The van der Waals surface area contributed by atoms with Gasteiger partial charge in [-0.1, -0.05) is 6.42 Å². The smallest absolute Gasteiger partial charge is 0.0543 e. The summed E-state index contributed by atoms with van der Waals surface area (Å²) in [5.41, 5.74) is 0. The molecule has 2 saturated carbocycles. The van der Waals surface area contributed by atoms with E-state index >= 15 is 0 Å². The predicted octanol–water partition coefficient (Wildman–Crippen LogP) is 1.80. The highest BCUT2D eigenvalue weighted by Gasteiger charge is 2.41. The van der Waals surface area contributed by atoms with Gasteiger partial charge in [0.15, 0.2) is 0 Å². The second-order valence-corrected chi connectivity index (χ2v) is 4.08. The lowest BCUT2D eigenvalue weighted by Crippen LogP contribution is -2.22. The molecule has 2 bridgehead atoms. The summed E-state index contributed by atoms with van der Waals surface area (Å²) in [6.45, 7) is 1.95. The molecule has 1 N–H and O–H groups in total. The predicted molar refractivity (Wildman–Crippen MR) is 40.6 cm³/mol. The molecule has 3 unspecified atom stereocenters. The lowest BCUT2D eigenvalue weighted by molar-refractivity contribution is 0.0905. The van der Waals surface area contributed by atoms with Crippen LogP contribution < -0.4 is 0 Å². The highest BCUT2D eigenvalue weighted by Crippen LogP contribution is 2.49. The van der Waals surface area contributed by atoms with Crippen LogP contribution in [-0.4, -0.2) is 11.2 Å². The molecule has 1 heteroatoms. The topological polar surface area (TPSA) is 20.2 Å². The van der Waals surface area contributed by atoms with E-state index in [1.165, 1.54) is 25.7 Å². The van der Waals surface area contributed by atoms with Gasteiger partial charge in [0.1, 0.15) is 0 Å². The summed E-state index contributed by atoms with van der Waals surface area (Å²) in [4.78, 5) is 0. The molecule has 2 fully saturated rings. The standard InChI is InChI=1S/C9H16O/c1-6(10)9-5-7-2-3-8(9)4-7/h6-10H,2-5H2,1H3/t6-,7?,8?,9?/m1/s1. The molecule has 58 valence electrons. The minimum absolute atomic E-state index is 0.0460. The van der Waals surface area contributed by atoms with Crippen molar-refractivity contribution in [3.63, 3.8) is 0 Å². The maximum absolute atomic E-state index is 9.37. The molecule has 0 aromatic rings. The third-order valence-corrected chi connectivity index (χ3v) is 3.41. The van der Waals surface area contributed by atoms with Gasteiger partial charge in [-0.15, -0.1) is 0 Å². The molecule has 0 spiro atoms. The molecule has 2 rings (SSSR count). The van der Waals surface area contributed by atoms with Gasteiger partial charge in [-0.2, -0.15) is 0 Å². The van der Waals surface area contributed by atoms with Gasteiger partial charge >= 0.3 is 0 Å². The molecule has 0 radical (unpaired) electrons. The SMILES string of the molecule is C[C@@H](O)C1CC2CCC1C2. The van der Waals surface area contributed by atoms with E-state index in [-0.39, 0.29) is 6.10 Å². The molecular formula is C9H16O. The molecule has 0 aliphatic heterocycles. The number of fused-ring (bicyclic) bond motifs is 2. The monoisotopic (exact) mass is 140 g/mol. The van der Waals surface area contributed by atoms with E-state index < -0.39 is 0 Å². The van der Waals surface area contributed by atoms with Crippen LogP contribution in [0.25, 0.3) is 0 Å². The number of hydrogen-bond acceptors (Lipinski definition) is 1. The molecule has 10 heavy (non-hydrogen) atoms. The highest BCUT2D eigenvalue weighted by atomic mass is 16.3. The summed E-state index contributed by atoms with van der Waals surface area (Å²) in [5.74, 6) is 2.51. The maximum atomic E-state index is 9.37. The zero-order valence-corrected chi connectivity index (χ0v) is 6.59. The van der Waals surface area contributed by atoms with Crippen LogP contribution in [0.3, 0.4) is 0 Å². The Morgan fingerprint density at radius 3 is 2.40 bits per heavy atom. The second kappa shape index (κ2) is 2.23. The van der Waals surface area contributed by atoms with Crippen molar-refractivity contribution in [1.82, 2.24) is 0 Å². The Morgan fingerprint density at radius 2 is 2.10 bits per heavy atom. The van der Waals surface area contributed by atoms with Crippen molar-refractivity contribution >= 4 is 0 Å². The fraction of sp³-hybridized carbons (Fsp3) is 1.00. The third kappa shape index (κ3) is 0.878. The summed E-state index contributed by atoms with van der Waals surface area (Å²) < 4.78 is 0. The van der Waals surface area contributed by atoms with Crippen molar-refractivity contribution in [2.24, 2.45) is 17.8 Å². The van der Waals surface area contributed by atoms with E-state index in [2.05, 4.69) is 0 Å². The second-order valence-electron chi connectivity index (χ2n) is 4.08. The first-order valence-corrected chi connectivity index (χ1v) is 4.45. The molecule has 2 aliphatic carbocycles. The van der Waals surface area contributed by atoms with Gasteiger partial charge in [-0.25, -0.2) is 0 Å². The van der Waals surface area contributed by atoms with Crippen LogP contribution in [0.2, 0.25) is 0 Å². The molecule has 0 saturated heterocycles. The van der Waals surface area contributed by atoms with Crippen LogP contribution in [0.5, 0.6) is 0 Å². The minimum Gasteiger partial charge on any atom is -0.393 e. The Morgan fingerprint density at radius 1 is 1.30 bits per heavy atom. The lowest BCUT2D eigenvalue weighted by atomic mass is 9.85. The number of aliphatic hydroxyl groups excluding tert-OH is 1. The van der Waals surface area contributed by atoms with Gasteiger partial charge in [0.05, 0.1) is 6.10 Å². The number of aliphatic hydroxyl groups is 1. The Bertz CT molecular complexity index is 131. The van der Waals surface area contributed by atoms with Crippen LogP contribution in [-0.2, 0) is 0 Å². The first kappa shape index (κ1) is 6.66. The van der Waals surface area contributed by atoms with E-state index in [0.717, 1.165) is 11.8 Å². The van der Waals surface area contributed by atoms with Crippen LogP contribution >= 0.6 is 0 Å². The van der Waals surface area contributed by atoms with Crippen molar-refractivity contribution in [3.05, 3.63) is 0 Å². The van der Waals surface area contributed by atoms with Crippen LogP contribution in [0, 0.1) is 17.8 Å². The molecule has 0 aromatic carbocycles. The maximum Gasteiger partial charge on any atom is 0.0543 e. The molecule has 0 aromatic heterocycles. The minimum atomic E-state index is -0.0460. The first-order valence-electron chi connectivity index (χ1n) is 4.45. The fourth-order valence-corrected chi connectivity index (χ4v) is 2.88. The third-order valence-electron chi connectivity index (χ3n) is 3.41. The average molecular weight is 140 g/mol. The Labute approximate surface area is 62.4 Å². The lowest BCUT2D eigenvalue weighted by Gasteiger charge is -2.23. The van der Waals surface area contributed by atoms with Gasteiger partial charge in [0, 0.05) is 0 Å². The van der Waals surface area contributed by atoms with Gasteiger partial charge in [0.25, 0.3) is 0 Å². The fourth-order valence-electron chi connectivity index (χ4n) is 2.88. The summed E-state index contributed by atoms with van der Waals surface area (Å²) in [6.07, 6.45) is 5.50. The van der Waals surface area contributed by atoms with Crippen LogP contribution in [0.15, 0.2) is 0 Å². The summed E-state index contributed by atoms with van der Waals surface area (Å²) >= 11 is 0. The van der Waals surface area contributed by atoms with Crippen molar-refractivity contribution in [2.75, 3.05) is 0 Å². The highest BCUT2D eigenvalue weighted by molar-refractivity contribution is 4.91. The van der Waals surface area contributed by atoms with Crippen LogP contribution in [0.4, 0.5) is 0 Å².